The van der Waals surface area contributed by atoms with E-state index in [2.05, 4.69) is 11.0 Å². The van der Waals surface area contributed by atoms with Crippen LogP contribution in [0.4, 0.5) is 0 Å². The van der Waals surface area contributed by atoms with Gasteiger partial charge in [-0.25, -0.2) is 0 Å². The van der Waals surface area contributed by atoms with E-state index in [9.17, 15) is 5.11 Å². The van der Waals surface area contributed by atoms with Gasteiger partial charge in [0.05, 0.1) is 21.3 Å². The molecule has 0 spiro atoms. The molecule has 1 N–H and O–H groups in total. The van der Waals surface area contributed by atoms with E-state index >= 15 is 0 Å². The van der Waals surface area contributed by atoms with Crippen LogP contribution in [-0.4, -0.2) is 57.1 Å². The topological polar surface area (TPSA) is 60.4 Å². The molecule has 31 heavy (non-hydrogen) atoms. The number of aliphatic hydroxyl groups is 1. The van der Waals surface area contributed by atoms with Gasteiger partial charge in [0.15, 0.2) is 11.5 Å². The molecule has 6 nitrogen and oxygen atoms in total. The molecule has 0 bridgehead atoms. The molecule has 0 amide bonds. The molecule has 2 unspecified atom stereocenters. The van der Waals surface area contributed by atoms with Gasteiger partial charge in [0, 0.05) is 24.2 Å². The summed E-state index contributed by atoms with van der Waals surface area (Å²) in [5.41, 5.74) is 2.16. The normalized spacial score (nSPS) is 17.6. The predicted molar refractivity (Wildman–Crippen MR) is 122 cm³/mol. The molecule has 2 aromatic rings. The lowest BCUT2D eigenvalue weighted by Crippen LogP contribution is -2.35. The predicted octanol–water partition coefficient (Wildman–Crippen LogP) is 4.32. The van der Waals surface area contributed by atoms with E-state index < -0.39 is 6.10 Å². The second-order valence-electron chi connectivity index (χ2n) is 7.64. The van der Waals surface area contributed by atoms with Gasteiger partial charge in [-0.2, -0.15) is 0 Å². The number of aliphatic hydroxyl groups excluding tert-OH is 1. The number of allylic oxidation sites excluding steroid dienone is 1. The maximum absolute atomic E-state index is 10.7. The van der Waals surface area contributed by atoms with Crippen molar-refractivity contribution in [2.45, 2.75) is 31.9 Å². The second kappa shape index (κ2) is 11.1. The summed E-state index contributed by atoms with van der Waals surface area (Å²) in [6.45, 7) is 3.62. The van der Waals surface area contributed by atoms with Crippen molar-refractivity contribution in [3.63, 3.8) is 0 Å². The maximum atomic E-state index is 10.7. The molecule has 1 heterocycles. The molecule has 0 aromatic heterocycles. The largest absolute Gasteiger partial charge is 0.497 e. The highest BCUT2D eigenvalue weighted by Gasteiger charge is 2.30. The molecule has 1 saturated heterocycles. The average Bonchev–Trinajstić information content (AvgIpc) is 3.25. The SMILES string of the molecule is C/C=C/c1ccc(OCC(O)CN2CCCC2c2ccc(OC)cc2OC)c(OC)c1. The molecule has 0 aliphatic carbocycles. The number of methoxy groups -OCH3 is 3. The molecule has 2 atom stereocenters. The van der Waals surface area contributed by atoms with Crippen LogP contribution in [-0.2, 0) is 0 Å². The quantitative estimate of drug-likeness (QED) is 0.609. The fourth-order valence-electron chi connectivity index (χ4n) is 4.10. The summed E-state index contributed by atoms with van der Waals surface area (Å²) < 4.78 is 22.2. The molecular weight excluding hydrogens is 394 g/mol. The first-order valence-corrected chi connectivity index (χ1v) is 10.7. The lowest BCUT2D eigenvalue weighted by Gasteiger charge is -2.28. The number of hydrogen-bond acceptors (Lipinski definition) is 6. The number of likely N-dealkylation sites (tertiary alicyclic amines) is 1. The number of ether oxygens (including phenoxy) is 4. The summed E-state index contributed by atoms with van der Waals surface area (Å²) in [7, 11) is 4.94. The number of rotatable bonds is 10. The molecule has 1 aliphatic rings. The van der Waals surface area contributed by atoms with Gasteiger partial charge in [-0.05, 0) is 50.1 Å². The van der Waals surface area contributed by atoms with Crippen LogP contribution in [0.1, 0.15) is 36.9 Å². The third-order valence-electron chi connectivity index (χ3n) is 5.59. The highest BCUT2D eigenvalue weighted by molar-refractivity contribution is 5.55. The lowest BCUT2D eigenvalue weighted by molar-refractivity contribution is 0.0626. The Morgan fingerprint density at radius 1 is 1.03 bits per heavy atom. The Labute approximate surface area is 185 Å². The van der Waals surface area contributed by atoms with Gasteiger partial charge in [-0.15, -0.1) is 0 Å². The summed E-state index contributed by atoms with van der Waals surface area (Å²) in [4.78, 5) is 2.30. The Bertz CT molecular complexity index is 882. The van der Waals surface area contributed by atoms with E-state index in [1.165, 1.54) is 0 Å². The standard InChI is InChI=1S/C25H33NO5/c1-5-7-18-9-12-23(25(14-18)30-4)31-17-19(27)16-26-13-6-8-22(26)21-11-10-20(28-2)15-24(21)29-3/h5,7,9-12,14-15,19,22,27H,6,8,13,16-17H2,1-4H3/b7-5+. The Morgan fingerprint density at radius 3 is 2.55 bits per heavy atom. The average molecular weight is 428 g/mol. The van der Waals surface area contributed by atoms with E-state index in [0.717, 1.165) is 42.0 Å². The van der Waals surface area contributed by atoms with Crippen LogP contribution in [0.5, 0.6) is 23.0 Å². The molecule has 0 radical (unpaired) electrons. The molecule has 6 heteroatoms. The Hall–Kier alpha value is -2.70. The molecule has 1 fully saturated rings. The van der Waals surface area contributed by atoms with E-state index in [4.69, 9.17) is 18.9 Å². The molecule has 2 aromatic carbocycles. The monoisotopic (exact) mass is 427 g/mol. The van der Waals surface area contributed by atoms with E-state index in [0.29, 0.717) is 18.0 Å². The van der Waals surface area contributed by atoms with Crippen molar-refractivity contribution in [3.8, 4) is 23.0 Å². The van der Waals surface area contributed by atoms with Gasteiger partial charge >= 0.3 is 0 Å². The zero-order valence-electron chi connectivity index (χ0n) is 18.8. The van der Waals surface area contributed by atoms with Crippen molar-refractivity contribution >= 4 is 6.08 Å². The van der Waals surface area contributed by atoms with E-state index in [-0.39, 0.29) is 12.6 Å². The summed E-state index contributed by atoms with van der Waals surface area (Å²) in [5.74, 6) is 2.87. The van der Waals surface area contributed by atoms with Crippen LogP contribution < -0.4 is 18.9 Å². The highest BCUT2D eigenvalue weighted by Crippen LogP contribution is 2.38. The van der Waals surface area contributed by atoms with Gasteiger partial charge in [-0.1, -0.05) is 24.3 Å². The number of hydrogen-bond donors (Lipinski definition) is 1. The van der Waals surface area contributed by atoms with Gasteiger partial charge in [0.25, 0.3) is 0 Å². The maximum Gasteiger partial charge on any atom is 0.161 e. The van der Waals surface area contributed by atoms with Crippen molar-refractivity contribution in [1.29, 1.82) is 0 Å². The molecular formula is C25H33NO5. The fraction of sp³-hybridized carbons (Fsp3) is 0.440. The van der Waals surface area contributed by atoms with Crippen LogP contribution >= 0.6 is 0 Å². The summed E-state index contributed by atoms with van der Waals surface area (Å²) in [5, 5.41) is 10.7. The van der Waals surface area contributed by atoms with Crippen molar-refractivity contribution in [2.75, 3.05) is 41.0 Å². The minimum absolute atomic E-state index is 0.197. The fourth-order valence-corrected chi connectivity index (χ4v) is 4.10. The smallest absolute Gasteiger partial charge is 0.161 e. The second-order valence-corrected chi connectivity index (χ2v) is 7.64. The van der Waals surface area contributed by atoms with Crippen LogP contribution in [0.3, 0.4) is 0 Å². The minimum atomic E-state index is -0.621. The van der Waals surface area contributed by atoms with Crippen LogP contribution in [0.2, 0.25) is 0 Å². The number of benzene rings is 2. The van der Waals surface area contributed by atoms with Crippen LogP contribution in [0, 0.1) is 0 Å². The van der Waals surface area contributed by atoms with Crippen molar-refractivity contribution < 1.29 is 24.1 Å². The summed E-state index contributed by atoms with van der Waals surface area (Å²) >= 11 is 0. The molecule has 1 aliphatic heterocycles. The third kappa shape index (κ3) is 5.71. The third-order valence-corrected chi connectivity index (χ3v) is 5.59. The first-order valence-electron chi connectivity index (χ1n) is 10.7. The Morgan fingerprint density at radius 2 is 1.84 bits per heavy atom. The lowest BCUT2D eigenvalue weighted by atomic mass is 10.0. The highest BCUT2D eigenvalue weighted by atomic mass is 16.5. The van der Waals surface area contributed by atoms with E-state index in [1.54, 1.807) is 21.3 Å². The molecule has 168 valence electrons. The minimum Gasteiger partial charge on any atom is -0.497 e. The van der Waals surface area contributed by atoms with Gasteiger partial charge < -0.3 is 24.1 Å². The van der Waals surface area contributed by atoms with Gasteiger partial charge in [-0.3, -0.25) is 4.90 Å². The summed E-state index contributed by atoms with van der Waals surface area (Å²) in [6.07, 6.45) is 5.46. The van der Waals surface area contributed by atoms with E-state index in [1.807, 2.05) is 49.4 Å². The first-order chi connectivity index (χ1) is 15.1. The number of nitrogens with zero attached hydrogens (tertiary/aromatic N) is 1. The Kier molecular flexibility index (Phi) is 8.20. The van der Waals surface area contributed by atoms with Gasteiger partial charge in [0.2, 0.25) is 0 Å². The van der Waals surface area contributed by atoms with Crippen molar-refractivity contribution in [2.24, 2.45) is 0 Å². The van der Waals surface area contributed by atoms with Crippen LogP contribution in [0.25, 0.3) is 6.08 Å². The zero-order chi connectivity index (χ0) is 22.2. The van der Waals surface area contributed by atoms with Crippen molar-refractivity contribution in [3.05, 3.63) is 53.6 Å². The van der Waals surface area contributed by atoms with Crippen LogP contribution in [0.15, 0.2) is 42.5 Å². The van der Waals surface area contributed by atoms with Crippen molar-refractivity contribution in [1.82, 2.24) is 4.90 Å². The molecule has 3 rings (SSSR count). The number of β-amino-alcohol motifs (C(OH)–C–C–N with tert-alkyl or cyclic N) is 1. The van der Waals surface area contributed by atoms with Gasteiger partial charge in [0.1, 0.15) is 24.2 Å². The first kappa shape index (κ1) is 23.0. The zero-order valence-corrected chi connectivity index (χ0v) is 18.8. The Balaban J connectivity index is 1.63. The molecule has 0 saturated carbocycles. The summed E-state index contributed by atoms with van der Waals surface area (Å²) in [6, 6.07) is 11.9.